The normalized spacial score (nSPS) is 20.5. The Balaban J connectivity index is 1.63. The molecule has 0 spiro atoms. The summed E-state index contributed by atoms with van der Waals surface area (Å²) >= 11 is 0. The van der Waals surface area contributed by atoms with Gasteiger partial charge in [0.25, 0.3) is 6.85 Å². The van der Waals surface area contributed by atoms with Crippen molar-refractivity contribution in [1.29, 1.82) is 0 Å². The number of aryl methyl sites for hydroxylation is 2. The molecule has 6 rings (SSSR count). The second-order valence-corrected chi connectivity index (χ2v) is 20.5. The van der Waals surface area contributed by atoms with Gasteiger partial charge in [0.1, 0.15) is 0 Å². The van der Waals surface area contributed by atoms with E-state index in [1.54, 1.807) is 0 Å². The van der Waals surface area contributed by atoms with Crippen molar-refractivity contribution in [1.82, 2.24) is 9.71 Å². The van der Waals surface area contributed by atoms with Crippen LogP contribution in [0.15, 0.2) is 52.4 Å². The minimum absolute atomic E-state index is 0.102. The van der Waals surface area contributed by atoms with E-state index in [4.69, 9.17) is 9.98 Å². The molecule has 0 amide bonds. The fourth-order valence-corrected chi connectivity index (χ4v) is 11.7. The summed E-state index contributed by atoms with van der Waals surface area (Å²) in [4.78, 5) is 17.8. The molecule has 2 aromatic carbocycles. The van der Waals surface area contributed by atoms with Crippen LogP contribution < -0.4 is 0 Å². The van der Waals surface area contributed by atoms with Crippen molar-refractivity contribution < 1.29 is 0 Å². The largest absolute Gasteiger partial charge is 0.383 e. The van der Waals surface area contributed by atoms with Crippen molar-refractivity contribution in [3.63, 3.8) is 0 Å². The van der Waals surface area contributed by atoms with Gasteiger partial charge in [0, 0.05) is 12.1 Å². The molecule has 4 aliphatic rings. The average Bonchev–Trinajstić information content (AvgIpc) is 3.19. The van der Waals surface area contributed by atoms with Crippen molar-refractivity contribution in [3.05, 3.63) is 59.2 Å². The van der Waals surface area contributed by atoms with Gasteiger partial charge in [0.05, 0.1) is 17.1 Å². The molecule has 0 N–H and O–H groups in total. The van der Waals surface area contributed by atoms with Crippen LogP contribution in [-0.2, 0) is 5.41 Å². The monoisotopic (exact) mass is 759 g/mol. The standard InChI is InChI=1S/C50H80B2N4/c1-37(2)55(48(54-47-39(5)23-22-24-40(47)6)51(42-25-14-10-15-26-42)43-27-16-11-17-28-43)49(53-46-35-33-41(34-36-46)50(7,8)9)56(38(3)4)52(44-29-18-12-19-30-44)45-31-20-13-21-32-45/h22-24,33-38,42-45H,10-21,25-32H2,1-9H3. The predicted octanol–water partition coefficient (Wildman–Crippen LogP) is 15.1. The highest BCUT2D eigenvalue weighted by molar-refractivity contribution is 6.93. The third-order valence-corrected chi connectivity index (χ3v) is 14.6. The number of nitrogens with zero attached hydrogens (tertiary/aromatic N) is 4. The van der Waals surface area contributed by atoms with E-state index in [0.717, 1.165) is 5.69 Å². The van der Waals surface area contributed by atoms with Crippen LogP contribution in [0.2, 0.25) is 23.3 Å². The van der Waals surface area contributed by atoms with E-state index < -0.39 is 0 Å². The molecule has 6 heteroatoms. The van der Waals surface area contributed by atoms with Gasteiger partial charge < -0.3 is 9.71 Å². The maximum Gasteiger partial charge on any atom is 0.264 e. The highest BCUT2D eigenvalue weighted by Crippen LogP contribution is 2.46. The lowest BCUT2D eigenvalue weighted by Gasteiger charge is -2.50. The summed E-state index contributed by atoms with van der Waals surface area (Å²) in [6.45, 7) is 22.3. The van der Waals surface area contributed by atoms with Gasteiger partial charge in [-0.25, -0.2) is 9.98 Å². The van der Waals surface area contributed by atoms with E-state index in [0.29, 0.717) is 42.9 Å². The smallest absolute Gasteiger partial charge is 0.264 e. The zero-order chi connectivity index (χ0) is 39.8. The Hall–Kier alpha value is -2.49. The van der Waals surface area contributed by atoms with Crippen molar-refractivity contribution in [2.75, 3.05) is 0 Å². The van der Waals surface area contributed by atoms with Crippen LogP contribution in [0.4, 0.5) is 11.4 Å². The van der Waals surface area contributed by atoms with Gasteiger partial charge >= 0.3 is 0 Å². The maximum absolute atomic E-state index is 6.10. The highest BCUT2D eigenvalue weighted by atomic mass is 15.4. The minimum atomic E-state index is 0.102. The number of hydrogen-bond donors (Lipinski definition) is 0. The first-order valence-corrected chi connectivity index (χ1v) is 23.9. The van der Waals surface area contributed by atoms with Crippen LogP contribution in [0.5, 0.6) is 0 Å². The Morgan fingerprint density at radius 1 is 0.571 bits per heavy atom. The molecular weight excluding hydrogens is 678 g/mol. The Bertz CT molecular complexity index is 1510. The summed E-state index contributed by atoms with van der Waals surface area (Å²) in [7, 11) is 0. The van der Waals surface area contributed by atoms with E-state index in [9.17, 15) is 0 Å². The number of para-hydroxylation sites is 1. The van der Waals surface area contributed by atoms with Crippen molar-refractivity contribution in [2.24, 2.45) is 9.98 Å². The topological polar surface area (TPSA) is 31.2 Å². The van der Waals surface area contributed by atoms with Crippen LogP contribution in [0, 0.1) is 13.8 Å². The van der Waals surface area contributed by atoms with Crippen molar-refractivity contribution >= 4 is 36.6 Å². The Labute approximate surface area is 345 Å². The van der Waals surface area contributed by atoms with Gasteiger partial charge in [-0.2, -0.15) is 0 Å². The lowest BCUT2D eigenvalue weighted by molar-refractivity contribution is 0.371. The Kier molecular flexibility index (Phi) is 15.4. The second kappa shape index (κ2) is 20.0. The summed E-state index contributed by atoms with van der Waals surface area (Å²) in [6, 6.07) is 16.6. The summed E-state index contributed by atoms with van der Waals surface area (Å²) in [5, 5.41) is 0. The predicted molar refractivity (Wildman–Crippen MR) is 248 cm³/mol. The van der Waals surface area contributed by atoms with E-state index in [-0.39, 0.29) is 11.5 Å². The molecule has 4 aliphatic carbocycles. The number of amidine groups is 1. The Morgan fingerprint density at radius 2 is 1.00 bits per heavy atom. The highest BCUT2D eigenvalue weighted by Gasteiger charge is 2.47. The molecule has 0 radical (unpaired) electrons. The third kappa shape index (κ3) is 10.6. The summed E-state index contributed by atoms with van der Waals surface area (Å²) in [5.41, 5.74) is 7.64. The van der Waals surface area contributed by atoms with Gasteiger partial charge in [0.2, 0.25) is 6.71 Å². The van der Waals surface area contributed by atoms with Gasteiger partial charge in [0.15, 0.2) is 5.96 Å². The number of rotatable bonds is 10. The van der Waals surface area contributed by atoms with Crippen LogP contribution in [0.25, 0.3) is 0 Å². The zero-order valence-corrected chi connectivity index (χ0v) is 37.6. The summed E-state index contributed by atoms with van der Waals surface area (Å²) in [5.74, 6) is 3.94. The lowest BCUT2D eigenvalue weighted by Crippen LogP contribution is -2.63. The zero-order valence-electron chi connectivity index (χ0n) is 37.6. The van der Waals surface area contributed by atoms with Crippen LogP contribution in [-0.4, -0.2) is 47.0 Å². The minimum Gasteiger partial charge on any atom is -0.383 e. The van der Waals surface area contributed by atoms with E-state index in [1.165, 1.54) is 162 Å². The van der Waals surface area contributed by atoms with Gasteiger partial charge in [-0.1, -0.05) is 191 Å². The average molecular weight is 759 g/mol. The molecule has 2 aromatic rings. The van der Waals surface area contributed by atoms with Crippen molar-refractivity contribution in [2.45, 2.75) is 231 Å². The molecule has 0 aromatic heterocycles. The van der Waals surface area contributed by atoms with E-state index in [2.05, 4.69) is 114 Å². The summed E-state index contributed by atoms with van der Waals surface area (Å²) in [6.07, 6.45) is 27.2. The molecule has 0 atom stereocenters. The fraction of sp³-hybridized carbons (Fsp3) is 0.720. The van der Waals surface area contributed by atoms with Gasteiger partial charge in [-0.3, -0.25) is 0 Å². The number of benzene rings is 2. The molecule has 0 saturated heterocycles. The number of guanidine groups is 1. The quantitative estimate of drug-likeness (QED) is 0.137. The lowest BCUT2D eigenvalue weighted by atomic mass is 9.29. The molecular formula is C50H80B2N4. The molecule has 306 valence electrons. The Morgan fingerprint density at radius 3 is 1.39 bits per heavy atom. The molecule has 0 aliphatic heterocycles. The summed E-state index contributed by atoms with van der Waals surface area (Å²) < 4.78 is 0. The molecule has 4 nitrogen and oxygen atoms in total. The van der Waals surface area contributed by atoms with Crippen LogP contribution >= 0.6 is 0 Å². The first-order valence-electron chi connectivity index (χ1n) is 23.9. The molecule has 0 bridgehead atoms. The fourth-order valence-electron chi connectivity index (χ4n) is 11.7. The van der Waals surface area contributed by atoms with E-state index >= 15 is 0 Å². The molecule has 56 heavy (non-hydrogen) atoms. The first kappa shape index (κ1) is 43.1. The molecule has 4 fully saturated rings. The number of aliphatic imine (C=N–C) groups is 2. The molecule has 4 saturated carbocycles. The van der Waals surface area contributed by atoms with Gasteiger partial charge in [-0.05, 0) is 87.4 Å². The number of hydrogen-bond acceptors (Lipinski definition) is 2. The first-order chi connectivity index (χ1) is 26.9. The third-order valence-electron chi connectivity index (χ3n) is 14.6. The second-order valence-electron chi connectivity index (χ2n) is 20.5. The molecule has 0 heterocycles. The SMILES string of the molecule is Cc1cccc(C)c1N=C(B(C1CCCCC1)C1CCCCC1)N(C(=Nc1ccc(C(C)(C)C)cc1)N(B(C1CCCCC1)C1CCCCC1)C(C)C)C(C)C. The maximum atomic E-state index is 6.10. The van der Waals surface area contributed by atoms with Crippen molar-refractivity contribution in [3.8, 4) is 0 Å². The molecule has 0 unspecified atom stereocenters. The van der Waals surface area contributed by atoms with Crippen LogP contribution in [0.3, 0.4) is 0 Å². The van der Waals surface area contributed by atoms with Gasteiger partial charge in [-0.15, -0.1) is 0 Å². The van der Waals surface area contributed by atoms with Crippen LogP contribution in [0.1, 0.15) is 194 Å². The van der Waals surface area contributed by atoms with E-state index in [1.807, 2.05) is 0 Å².